The van der Waals surface area contributed by atoms with Crippen LogP contribution in [0.15, 0.2) is 42.7 Å². The van der Waals surface area contributed by atoms with E-state index < -0.39 is 12.1 Å². The Hall–Kier alpha value is -3.67. The molecule has 0 radical (unpaired) electrons. The first-order chi connectivity index (χ1) is 16.6. The number of piperazine rings is 1. The lowest BCUT2D eigenvalue weighted by Crippen LogP contribution is -2.49. The average Bonchev–Trinajstić information content (AvgIpc) is 3.26. The summed E-state index contributed by atoms with van der Waals surface area (Å²) in [6.07, 6.45) is 0.140. The molecule has 3 aromatic rings. The van der Waals surface area contributed by atoms with Gasteiger partial charge in [-0.25, -0.2) is 4.79 Å². The standard InChI is InChI=1S/C21H24N6O.C2HF3O2/c22-15-6-8-27-20(13-15)17(14-24-27)21(28)26-11-9-25(10-12-26)19-5-7-23-18-4-2-1-3-16(18)19;3-2(4,5)1(6)7/h1-5,7,14-15H,6,8-13,22H2;(H,6,7). The molecular formula is C23H25F3N6O3. The fourth-order valence-corrected chi connectivity index (χ4v) is 4.31. The zero-order valence-corrected chi connectivity index (χ0v) is 18.8. The van der Waals surface area contributed by atoms with E-state index in [-0.39, 0.29) is 11.9 Å². The van der Waals surface area contributed by atoms with Crippen molar-refractivity contribution in [1.82, 2.24) is 19.7 Å². The number of aromatic nitrogens is 3. The van der Waals surface area contributed by atoms with E-state index >= 15 is 0 Å². The number of aliphatic carboxylic acids is 1. The number of nitrogens with zero attached hydrogens (tertiary/aromatic N) is 5. The maximum atomic E-state index is 13.1. The molecule has 0 saturated carbocycles. The summed E-state index contributed by atoms with van der Waals surface area (Å²) in [5.41, 5.74) is 10.0. The number of rotatable bonds is 2. The molecule has 2 aliphatic heterocycles. The number of pyridine rings is 1. The van der Waals surface area contributed by atoms with Crippen LogP contribution in [0.25, 0.3) is 10.9 Å². The first kappa shape index (κ1) is 24.5. The molecule has 1 saturated heterocycles. The van der Waals surface area contributed by atoms with Crippen molar-refractivity contribution in [3.05, 3.63) is 54.0 Å². The van der Waals surface area contributed by atoms with Crippen LogP contribution in [0.4, 0.5) is 18.9 Å². The number of carboxylic acid groups (broad SMARTS) is 1. The summed E-state index contributed by atoms with van der Waals surface area (Å²) in [6, 6.07) is 10.4. The van der Waals surface area contributed by atoms with E-state index in [1.54, 1.807) is 6.20 Å². The van der Waals surface area contributed by atoms with Gasteiger partial charge in [-0.2, -0.15) is 18.3 Å². The summed E-state index contributed by atoms with van der Waals surface area (Å²) in [7, 11) is 0. The molecule has 5 rings (SSSR count). The molecule has 0 bridgehead atoms. The molecule has 4 heterocycles. The highest BCUT2D eigenvalue weighted by atomic mass is 19.4. The number of anilines is 1. The van der Waals surface area contributed by atoms with Crippen LogP contribution in [-0.2, 0) is 17.8 Å². The summed E-state index contributed by atoms with van der Waals surface area (Å²) >= 11 is 0. The molecule has 2 aliphatic rings. The topological polar surface area (TPSA) is 118 Å². The van der Waals surface area contributed by atoms with E-state index in [1.807, 2.05) is 34.0 Å². The number of para-hydroxylation sites is 1. The summed E-state index contributed by atoms with van der Waals surface area (Å²) in [6.45, 7) is 3.82. The number of carbonyl (C=O) groups excluding carboxylic acids is 1. The fourth-order valence-electron chi connectivity index (χ4n) is 4.31. The van der Waals surface area contributed by atoms with Gasteiger partial charge in [-0.05, 0) is 18.6 Å². The highest BCUT2D eigenvalue weighted by Crippen LogP contribution is 2.27. The monoisotopic (exact) mass is 490 g/mol. The van der Waals surface area contributed by atoms with Gasteiger partial charge >= 0.3 is 12.1 Å². The number of alkyl halides is 3. The van der Waals surface area contributed by atoms with Gasteiger partial charge in [0.25, 0.3) is 5.91 Å². The van der Waals surface area contributed by atoms with Gasteiger partial charge in [-0.3, -0.25) is 14.5 Å². The van der Waals surface area contributed by atoms with Gasteiger partial charge in [0.1, 0.15) is 0 Å². The second-order valence-corrected chi connectivity index (χ2v) is 8.41. The second kappa shape index (κ2) is 9.90. The second-order valence-electron chi connectivity index (χ2n) is 8.41. The summed E-state index contributed by atoms with van der Waals surface area (Å²) < 4.78 is 33.7. The minimum atomic E-state index is -5.08. The third kappa shape index (κ3) is 5.37. The Kier molecular flexibility index (Phi) is 6.92. The van der Waals surface area contributed by atoms with Gasteiger partial charge < -0.3 is 20.6 Å². The Labute approximate surface area is 198 Å². The van der Waals surface area contributed by atoms with Crippen LogP contribution in [0.5, 0.6) is 0 Å². The number of halogens is 3. The number of hydrogen-bond donors (Lipinski definition) is 2. The van der Waals surface area contributed by atoms with Crippen molar-refractivity contribution in [2.24, 2.45) is 5.73 Å². The van der Waals surface area contributed by atoms with Gasteiger partial charge in [0.2, 0.25) is 0 Å². The number of fused-ring (bicyclic) bond motifs is 2. The van der Waals surface area contributed by atoms with E-state index in [4.69, 9.17) is 15.6 Å². The molecule has 12 heteroatoms. The van der Waals surface area contributed by atoms with Crippen LogP contribution < -0.4 is 10.6 Å². The maximum Gasteiger partial charge on any atom is 0.490 e. The van der Waals surface area contributed by atoms with Crippen molar-refractivity contribution >= 4 is 28.5 Å². The van der Waals surface area contributed by atoms with Crippen molar-refractivity contribution in [3.8, 4) is 0 Å². The Morgan fingerprint density at radius 2 is 1.74 bits per heavy atom. The van der Waals surface area contributed by atoms with Crippen LogP contribution in [-0.4, -0.2) is 75.0 Å². The number of carbonyl (C=O) groups is 2. The van der Waals surface area contributed by atoms with Gasteiger partial charge in [-0.15, -0.1) is 0 Å². The van der Waals surface area contributed by atoms with Crippen LogP contribution in [0.2, 0.25) is 0 Å². The van der Waals surface area contributed by atoms with Gasteiger partial charge in [0, 0.05) is 62.5 Å². The predicted octanol–water partition coefficient (Wildman–Crippen LogP) is 2.30. The van der Waals surface area contributed by atoms with Crippen LogP contribution in [0.1, 0.15) is 22.5 Å². The van der Waals surface area contributed by atoms with Crippen molar-refractivity contribution in [2.75, 3.05) is 31.1 Å². The van der Waals surface area contributed by atoms with E-state index in [1.165, 1.54) is 5.69 Å². The molecule has 1 atom stereocenters. The summed E-state index contributed by atoms with van der Waals surface area (Å²) in [4.78, 5) is 30.7. The first-order valence-electron chi connectivity index (χ1n) is 11.1. The van der Waals surface area contributed by atoms with E-state index in [9.17, 15) is 18.0 Å². The van der Waals surface area contributed by atoms with Crippen molar-refractivity contribution in [2.45, 2.75) is 31.6 Å². The smallest absolute Gasteiger partial charge is 0.475 e. The lowest BCUT2D eigenvalue weighted by Gasteiger charge is -2.36. The van der Waals surface area contributed by atoms with Crippen molar-refractivity contribution in [3.63, 3.8) is 0 Å². The minimum Gasteiger partial charge on any atom is -0.475 e. The number of nitrogens with two attached hydrogens (primary N) is 1. The quantitative estimate of drug-likeness (QED) is 0.566. The number of aryl methyl sites for hydroxylation is 1. The maximum absolute atomic E-state index is 13.1. The SMILES string of the molecule is NC1CCn2ncc(C(=O)N3CCN(c4ccnc5ccccc45)CC3)c2C1.O=C(O)C(F)(F)F. The molecule has 2 aromatic heterocycles. The molecule has 1 unspecified atom stereocenters. The molecule has 3 N–H and O–H groups in total. The predicted molar refractivity (Wildman–Crippen MR) is 122 cm³/mol. The fraction of sp³-hybridized carbons (Fsp3) is 0.391. The first-order valence-corrected chi connectivity index (χ1v) is 11.1. The number of carboxylic acids is 1. The number of amides is 1. The molecular weight excluding hydrogens is 465 g/mol. The number of hydrogen-bond acceptors (Lipinski definition) is 6. The molecule has 1 amide bonds. The minimum absolute atomic E-state index is 0.0783. The summed E-state index contributed by atoms with van der Waals surface area (Å²) in [5.74, 6) is -2.68. The normalized spacial score (nSPS) is 18.0. The zero-order chi connectivity index (χ0) is 25.2. The molecule has 1 fully saturated rings. The Bertz CT molecular complexity index is 1220. The molecule has 0 spiro atoms. The largest absolute Gasteiger partial charge is 0.490 e. The summed E-state index contributed by atoms with van der Waals surface area (Å²) in [5, 5.41) is 12.7. The lowest BCUT2D eigenvalue weighted by molar-refractivity contribution is -0.192. The van der Waals surface area contributed by atoms with Gasteiger partial charge in [-0.1, -0.05) is 18.2 Å². The third-order valence-corrected chi connectivity index (χ3v) is 6.12. The van der Waals surface area contributed by atoms with Crippen molar-refractivity contribution < 1.29 is 27.9 Å². The van der Waals surface area contributed by atoms with Crippen molar-refractivity contribution in [1.29, 1.82) is 0 Å². The highest BCUT2D eigenvalue weighted by molar-refractivity contribution is 5.96. The van der Waals surface area contributed by atoms with E-state index in [0.29, 0.717) is 13.1 Å². The molecule has 9 nitrogen and oxygen atoms in total. The number of benzene rings is 1. The third-order valence-electron chi connectivity index (χ3n) is 6.12. The Morgan fingerprint density at radius 3 is 2.43 bits per heavy atom. The zero-order valence-electron chi connectivity index (χ0n) is 18.8. The van der Waals surface area contributed by atoms with E-state index in [2.05, 4.69) is 27.1 Å². The Balaban J connectivity index is 0.000000364. The van der Waals surface area contributed by atoms with Gasteiger partial charge in [0.15, 0.2) is 0 Å². The van der Waals surface area contributed by atoms with Crippen LogP contribution >= 0.6 is 0 Å². The molecule has 1 aromatic carbocycles. The Morgan fingerprint density at radius 1 is 1.06 bits per heavy atom. The van der Waals surface area contributed by atoms with Crippen LogP contribution in [0.3, 0.4) is 0 Å². The van der Waals surface area contributed by atoms with Crippen LogP contribution in [0, 0.1) is 0 Å². The van der Waals surface area contributed by atoms with E-state index in [0.717, 1.165) is 54.6 Å². The molecule has 35 heavy (non-hydrogen) atoms. The van der Waals surface area contributed by atoms with Gasteiger partial charge in [0.05, 0.1) is 23.0 Å². The highest BCUT2D eigenvalue weighted by Gasteiger charge is 2.38. The average molecular weight is 490 g/mol. The molecule has 186 valence electrons. The molecule has 0 aliphatic carbocycles. The lowest BCUT2D eigenvalue weighted by atomic mass is 10.0.